The van der Waals surface area contributed by atoms with Gasteiger partial charge in [-0.05, 0) is 11.6 Å². The number of aromatic nitrogens is 1. The van der Waals surface area contributed by atoms with Crippen molar-refractivity contribution in [1.29, 1.82) is 0 Å². The Morgan fingerprint density at radius 2 is 1.93 bits per heavy atom. The van der Waals surface area contributed by atoms with E-state index in [1.54, 1.807) is 30.3 Å². The van der Waals surface area contributed by atoms with Gasteiger partial charge in [-0.1, -0.05) is 53.0 Å². The molecule has 1 aromatic heterocycles. The molecule has 40 heavy (non-hydrogen) atoms. The molecule has 2 aromatic carbocycles. The Hall–Kier alpha value is -4.18. The molecule has 13 nitrogen and oxygen atoms in total. The summed E-state index contributed by atoms with van der Waals surface area (Å²) in [5.41, 5.74) is 1.47. The molecule has 1 amide bonds. The van der Waals surface area contributed by atoms with E-state index >= 15 is 0 Å². The average Bonchev–Trinajstić information content (AvgIpc) is 3.45. The van der Waals surface area contributed by atoms with Crippen LogP contribution < -0.4 is 0 Å². The predicted molar refractivity (Wildman–Crippen MR) is 141 cm³/mol. The number of hydrogen-bond donors (Lipinski definition) is 0. The van der Waals surface area contributed by atoms with Gasteiger partial charge in [0.1, 0.15) is 12.6 Å². The first kappa shape index (κ1) is 28.8. The number of esters is 1. The van der Waals surface area contributed by atoms with Crippen LogP contribution in [0.2, 0.25) is 0 Å². The van der Waals surface area contributed by atoms with E-state index in [9.17, 15) is 28.1 Å². The quantitative estimate of drug-likeness (QED) is 0.148. The summed E-state index contributed by atoms with van der Waals surface area (Å²) in [5.74, 6) is -0.817. The topological polar surface area (TPSA) is 158 Å². The van der Waals surface area contributed by atoms with Crippen LogP contribution in [0.5, 0.6) is 0 Å². The molecule has 0 bridgehead atoms. The summed E-state index contributed by atoms with van der Waals surface area (Å²) in [6.45, 7) is 2.72. The van der Waals surface area contributed by atoms with Crippen LogP contribution >= 0.6 is 11.3 Å². The number of sulfonamides is 1. The summed E-state index contributed by atoms with van der Waals surface area (Å²) in [7, 11) is -3.57. The van der Waals surface area contributed by atoms with Gasteiger partial charge in [0, 0.05) is 12.6 Å². The molecule has 210 valence electrons. The second kappa shape index (κ2) is 12.3. The number of carbonyl (C=O) groups excluding carboxylic acids is 2. The lowest BCUT2D eigenvalue weighted by Gasteiger charge is -2.39. The summed E-state index contributed by atoms with van der Waals surface area (Å²) in [6.07, 6.45) is 0.358. The van der Waals surface area contributed by atoms with E-state index in [4.69, 9.17) is 14.3 Å². The fraction of sp³-hybridized carbons (Fsp3) is 0.240. The van der Waals surface area contributed by atoms with Crippen LogP contribution in [0.15, 0.2) is 77.7 Å². The van der Waals surface area contributed by atoms with Crippen molar-refractivity contribution in [1.82, 2.24) is 14.4 Å². The molecule has 0 N–H and O–H groups in total. The number of amides is 1. The molecule has 0 saturated carbocycles. The Bertz CT molecular complexity index is 1510. The van der Waals surface area contributed by atoms with Crippen molar-refractivity contribution in [2.75, 3.05) is 20.3 Å². The summed E-state index contributed by atoms with van der Waals surface area (Å²) < 4.78 is 38.7. The number of hydroxylamine groups is 1. The number of nitrogens with zero attached hydrogens (tertiary/aromatic N) is 4. The van der Waals surface area contributed by atoms with Gasteiger partial charge in [-0.2, -0.15) is 0 Å². The SMILES string of the molecule is C=CCON(C1CN(C(=O)OCc2ccccc2)C(C(=O)OC)c2ncsc21)S(=O)(=O)c1ccccc1[N+](=O)[O-]. The largest absolute Gasteiger partial charge is 0.467 e. The van der Waals surface area contributed by atoms with Gasteiger partial charge >= 0.3 is 12.1 Å². The monoisotopic (exact) mass is 588 g/mol. The molecule has 4 rings (SSSR count). The van der Waals surface area contributed by atoms with Crippen LogP contribution in [0.1, 0.15) is 28.2 Å². The standard InChI is InChI=1S/C25H24N4O9S2/c1-3-13-38-29(40(34,35)20-12-8-7-11-18(20)28(32)33)19-14-27(25(31)37-15-17-9-5-4-6-10-17)22(24(30)36-2)21-23(19)39-16-26-21/h3-12,16,19,22H,1,13-15H2,2H3. The number of carbonyl (C=O) groups is 2. The molecular weight excluding hydrogens is 564 g/mol. The van der Waals surface area contributed by atoms with Gasteiger partial charge < -0.3 is 9.47 Å². The van der Waals surface area contributed by atoms with Crippen LogP contribution in [0.4, 0.5) is 10.5 Å². The Morgan fingerprint density at radius 3 is 2.60 bits per heavy atom. The number of thiazole rings is 1. The maximum Gasteiger partial charge on any atom is 0.411 e. The van der Waals surface area contributed by atoms with Crippen molar-refractivity contribution in [3.05, 3.63) is 99.0 Å². The number of benzene rings is 2. The molecule has 15 heteroatoms. The van der Waals surface area contributed by atoms with E-state index in [1.807, 2.05) is 0 Å². The molecule has 3 aromatic rings. The molecule has 2 heterocycles. The van der Waals surface area contributed by atoms with Gasteiger partial charge in [0.2, 0.25) is 0 Å². The first-order chi connectivity index (χ1) is 19.2. The number of fused-ring (bicyclic) bond motifs is 1. The van der Waals surface area contributed by atoms with E-state index in [1.165, 1.54) is 23.7 Å². The van der Waals surface area contributed by atoms with E-state index in [0.29, 0.717) is 10.0 Å². The van der Waals surface area contributed by atoms with Crippen LogP contribution in [0.25, 0.3) is 0 Å². The van der Waals surface area contributed by atoms with Crippen molar-refractivity contribution in [3.8, 4) is 0 Å². The van der Waals surface area contributed by atoms with Gasteiger partial charge in [0.15, 0.2) is 10.9 Å². The lowest BCUT2D eigenvalue weighted by molar-refractivity contribution is -0.388. The molecule has 2 atom stereocenters. The highest BCUT2D eigenvalue weighted by Gasteiger charge is 2.49. The maximum absolute atomic E-state index is 13.9. The first-order valence-corrected chi connectivity index (χ1v) is 14.0. The third-order valence-electron chi connectivity index (χ3n) is 5.88. The Morgan fingerprint density at radius 1 is 1.23 bits per heavy atom. The Labute approximate surface area is 233 Å². The molecular formula is C25H24N4O9S2. The zero-order valence-corrected chi connectivity index (χ0v) is 22.7. The minimum absolute atomic E-state index is 0.0646. The van der Waals surface area contributed by atoms with Crippen molar-refractivity contribution in [3.63, 3.8) is 0 Å². The van der Waals surface area contributed by atoms with Crippen molar-refractivity contribution in [2.24, 2.45) is 0 Å². The van der Waals surface area contributed by atoms with Gasteiger partial charge in [-0.25, -0.2) is 23.0 Å². The van der Waals surface area contributed by atoms with Gasteiger partial charge in [0.05, 0.1) is 34.7 Å². The number of rotatable bonds is 10. The number of ether oxygens (including phenoxy) is 2. The van der Waals surface area contributed by atoms with Gasteiger partial charge in [-0.3, -0.25) is 19.9 Å². The van der Waals surface area contributed by atoms with E-state index < -0.39 is 56.2 Å². The first-order valence-electron chi connectivity index (χ1n) is 11.7. The highest BCUT2D eigenvalue weighted by atomic mass is 32.2. The maximum atomic E-state index is 13.9. The smallest absolute Gasteiger partial charge is 0.411 e. The summed E-state index contributed by atoms with van der Waals surface area (Å²) in [6, 6.07) is 11.0. The number of nitro groups is 1. The predicted octanol–water partition coefficient (Wildman–Crippen LogP) is 3.77. The lowest BCUT2D eigenvalue weighted by atomic mass is 10.0. The van der Waals surface area contributed by atoms with Gasteiger partial charge in [0.25, 0.3) is 15.7 Å². The molecule has 0 saturated heterocycles. The molecule has 0 aliphatic carbocycles. The zero-order chi connectivity index (χ0) is 28.9. The number of methoxy groups -OCH3 is 1. The molecule has 0 radical (unpaired) electrons. The highest BCUT2D eigenvalue weighted by molar-refractivity contribution is 7.89. The number of nitro benzene ring substituents is 1. The summed E-state index contributed by atoms with van der Waals surface area (Å²) >= 11 is 1.03. The Kier molecular flexibility index (Phi) is 8.89. The van der Waals surface area contributed by atoms with Crippen molar-refractivity contribution < 1.29 is 37.2 Å². The molecule has 1 aliphatic rings. The van der Waals surface area contributed by atoms with E-state index in [2.05, 4.69) is 11.6 Å². The summed E-state index contributed by atoms with van der Waals surface area (Å²) in [5, 5.41) is 11.7. The van der Waals surface area contributed by atoms with Crippen LogP contribution in [-0.4, -0.2) is 60.0 Å². The summed E-state index contributed by atoms with van der Waals surface area (Å²) in [4.78, 5) is 47.5. The van der Waals surface area contributed by atoms with Crippen molar-refractivity contribution >= 4 is 39.1 Å². The average molecular weight is 589 g/mol. The van der Waals surface area contributed by atoms with Crippen LogP contribution in [0, 0.1) is 10.1 Å². The lowest BCUT2D eigenvalue weighted by Crippen LogP contribution is -2.50. The molecule has 1 aliphatic heterocycles. The van der Waals surface area contributed by atoms with Gasteiger partial charge in [-0.15, -0.1) is 17.9 Å². The van der Waals surface area contributed by atoms with Crippen LogP contribution in [-0.2, 0) is 35.7 Å². The molecule has 0 fully saturated rings. The molecule has 0 spiro atoms. The zero-order valence-electron chi connectivity index (χ0n) is 21.1. The number of hydrogen-bond acceptors (Lipinski definition) is 11. The fourth-order valence-corrected chi connectivity index (χ4v) is 6.63. The molecule has 2 unspecified atom stereocenters. The normalized spacial score (nSPS) is 16.7. The third kappa shape index (κ3) is 5.72. The second-order valence-electron chi connectivity index (χ2n) is 8.31. The van der Waals surface area contributed by atoms with E-state index in [-0.39, 0.29) is 23.8 Å². The van der Waals surface area contributed by atoms with Crippen molar-refractivity contribution in [2.45, 2.75) is 23.6 Å². The minimum Gasteiger partial charge on any atom is -0.467 e. The number of para-hydroxylation sites is 1. The fourth-order valence-electron chi connectivity index (χ4n) is 4.11. The minimum atomic E-state index is -4.71. The van der Waals surface area contributed by atoms with E-state index in [0.717, 1.165) is 35.5 Å². The second-order valence-corrected chi connectivity index (χ2v) is 10.9. The van der Waals surface area contributed by atoms with Crippen LogP contribution in [0.3, 0.4) is 0 Å². The third-order valence-corrected chi connectivity index (χ3v) is 8.56. The Balaban J connectivity index is 1.78. The highest BCUT2D eigenvalue weighted by Crippen LogP contribution is 2.43.